The van der Waals surface area contributed by atoms with Crippen molar-refractivity contribution < 1.29 is 0 Å². The third-order valence-corrected chi connectivity index (χ3v) is 7.12. The second-order valence-corrected chi connectivity index (χ2v) is 9.19. The first-order valence-corrected chi connectivity index (χ1v) is 11.7. The second kappa shape index (κ2) is 8.60. The van der Waals surface area contributed by atoms with Crippen LogP contribution < -0.4 is 4.90 Å². The molecule has 6 heteroatoms. The molecule has 1 aliphatic carbocycles. The van der Waals surface area contributed by atoms with Crippen molar-refractivity contribution in [3.8, 4) is 0 Å². The van der Waals surface area contributed by atoms with Crippen LogP contribution >= 0.6 is 0 Å². The summed E-state index contributed by atoms with van der Waals surface area (Å²) in [6.07, 6.45) is 9.31. The maximum Gasteiger partial charge on any atom is 0.132 e. The average molecular weight is 407 g/mol. The van der Waals surface area contributed by atoms with Crippen LogP contribution in [0.25, 0.3) is 0 Å². The van der Waals surface area contributed by atoms with E-state index in [0.29, 0.717) is 12.1 Å². The Morgan fingerprint density at radius 3 is 2.63 bits per heavy atom. The summed E-state index contributed by atoms with van der Waals surface area (Å²) < 4.78 is 0. The smallest absolute Gasteiger partial charge is 0.132 e. The highest BCUT2D eigenvalue weighted by Gasteiger charge is 2.35. The molecule has 2 atom stereocenters. The molecule has 0 aromatic carbocycles. The quantitative estimate of drug-likeness (QED) is 0.777. The lowest BCUT2D eigenvalue weighted by Crippen LogP contribution is -2.45. The van der Waals surface area contributed by atoms with E-state index in [1.165, 1.54) is 55.5 Å². The number of piperazine rings is 1. The number of likely N-dealkylation sites (tertiary alicyclic amines) is 1. The lowest BCUT2D eigenvalue weighted by molar-refractivity contribution is 0.0786. The predicted molar refractivity (Wildman–Crippen MR) is 120 cm³/mol. The van der Waals surface area contributed by atoms with Gasteiger partial charge in [-0.25, -0.2) is 9.97 Å². The van der Waals surface area contributed by atoms with E-state index >= 15 is 0 Å². The number of aromatic nitrogens is 3. The van der Waals surface area contributed by atoms with Crippen LogP contribution in [0.5, 0.6) is 0 Å². The van der Waals surface area contributed by atoms with Crippen molar-refractivity contribution in [1.29, 1.82) is 0 Å². The Bertz CT molecular complexity index is 876. The van der Waals surface area contributed by atoms with Crippen LogP contribution in [0, 0.1) is 6.92 Å². The van der Waals surface area contributed by atoms with Crippen LogP contribution in [-0.4, -0.2) is 64.5 Å². The molecule has 0 bridgehead atoms. The van der Waals surface area contributed by atoms with E-state index < -0.39 is 0 Å². The van der Waals surface area contributed by atoms with Gasteiger partial charge in [0.05, 0.1) is 23.5 Å². The summed E-state index contributed by atoms with van der Waals surface area (Å²) in [5, 5.41) is 0. The fourth-order valence-electron chi connectivity index (χ4n) is 5.49. The van der Waals surface area contributed by atoms with Gasteiger partial charge in [-0.15, -0.1) is 0 Å². The number of pyridine rings is 1. The Morgan fingerprint density at radius 1 is 0.933 bits per heavy atom. The Morgan fingerprint density at radius 2 is 1.77 bits per heavy atom. The van der Waals surface area contributed by atoms with Crippen LogP contribution in [0.2, 0.25) is 0 Å². The molecular formula is C24H34N6. The Balaban J connectivity index is 1.45. The zero-order valence-electron chi connectivity index (χ0n) is 18.4. The lowest BCUT2D eigenvalue weighted by Gasteiger charge is -2.43. The minimum Gasteiger partial charge on any atom is -0.354 e. The molecule has 5 rings (SSSR count). The van der Waals surface area contributed by atoms with Gasteiger partial charge in [-0.3, -0.25) is 9.88 Å². The fourth-order valence-corrected chi connectivity index (χ4v) is 5.49. The van der Waals surface area contributed by atoms with Crippen LogP contribution in [0.3, 0.4) is 0 Å². The van der Waals surface area contributed by atoms with Crippen LogP contribution in [0.15, 0.2) is 24.4 Å². The van der Waals surface area contributed by atoms with E-state index in [1.807, 2.05) is 13.1 Å². The second-order valence-electron chi connectivity index (χ2n) is 9.19. The van der Waals surface area contributed by atoms with Crippen molar-refractivity contribution in [1.82, 2.24) is 24.8 Å². The van der Waals surface area contributed by atoms with Gasteiger partial charge in [0.15, 0.2) is 0 Å². The zero-order valence-corrected chi connectivity index (χ0v) is 18.4. The van der Waals surface area contributed by atoms with E-state index in [-0.39, 0.29) is 0 Å². The minimum absolute atomic E-state index is 0.365. The van der Waals surface area contributed by atoms with E-state index in [4.69, 9.17) is 15.0 Å². The molecular weight excluding hydrogens is 372 g/mol. The molecule has 0 radical (unpaired) electrons. The Labute approximate surface area is 180 Å². The number of hydrogen-bond donors (Lipinski definition) is 0. The van der Waals surface area contributed by atoms with Crippen molar-refractivity contribution in [3.05, 3.63) is 47.2 Å². The van der Waals surface area contributed by atoms with Gasteiger partial charge in [-0.05, 0) is 64.3 Å². The average Bonchev–Trinajstić information content (AvgIpc) is 2.79. The molecule has 2 fully saturated rings. The minimum atomic E-state index is 0.365. The molecule has 2 aromatic rings. The molecule has 160 valence electrons. The Kier molecular flexibility index (Phi) is 5.70. The first kappa shape index (κ1) is 19.9. The summed E-state index contributed by atoms with van der Waals surface area (Å²) in [5.74, 6) is 2.01. The highest BCUT2D eigenvalue weighted by atomic mass is 15.3. The molecule has 0 amide bonds. The third-order valence-electron chi connectivity index (χ3n) is 7.12. The fraction of sp³-hybridized carbons (Fsp3) is 0.625. The topological polar surface area (TPSA) is 48.4 Å². The summed E-state index contributed by atoms with van der Waals surface area (Å²) in [5.41, 5.74) is 3.95. The van der Waals surface area contributed by atoms with Gasteiger partial charge in [0.2, 0.25) is 0 Å². The normalized spacial score (nSPS) is 25.9. The van der Waals surface area contributed by atoms with Crippen LogP contribution in [0.4, 0.5) is 5.82 Å². The monoisotopic (exact) mass is 406 g/mol. The van der Waals surface area contributed by atoms with Gasteiger partial charge in [-0.1, -0.05) is 12.5 Å². The highest BCUT2D eigenvalue weighted by Crippen LogP contribution is 2.42. The largest absolute Gasteiger partial charge is 0.354 e. The van der Waals surface area contributed by atoms with Gasteiger partial charge in [-0.2, -0.15) is 0 Å². The Hall–Kier alpha value is -2.05. The van der Waals surface area contributed by atoms with Crippen LogP contribution in [0.1, 0.15) is 67.0 Å². The summed E-state index contributed by atoms with van der Waals surface area (Å²) in [4.78, 5) is 22.1. The number of fused-ring (bicyclic) bond motifs is 1. The highest BCUT2D eigenvalue weighted by molar-refractivity contribution is 5.41. The molecule has 0 N–H and O–H groups in total. The number of nitrogens with zero attached hydrogens (tertiary/aromatic N) is 6. The van der Waals surface area contributed by atoms with Crippen molar-refractivity contribution in [3.63, 3.8) is 0 Å². The van der Waals surface area contributed by atoms with Crippen molar-refractivity contribution in [2.45, 2.75) is 57.5 Å². The summed E-state index contributed by atoms with van der Waals surface area (Å²) in [6, 6.07) is 7.43. The SMILES string of the molecule is Cc1nc([C@H]2CCCCN2[C@H]2CCCc3cccnc32)cc(N2CCN(C)CC2)n1. The first-order chi connectivity index (χ1) is 14.7. The van der Waals surface area contributed by atoms with E-state index in [1.54, 1.807) is 0 Å². The molecule has 30 heavy (non-hydrogen) atoms. The standard InChI is InChI=1S/C24H34N6/c1-18-26-20(17-23(27-18)29-15-13-28(2)14-16-29)21-9-3-4-12-30(21)22-10-5-7-19-8-6-11-25-24(19)22/h6,8,11,17,21-22H,3-5,7,9-10,12-16H2,1-2H3/t21-,22+/m1/s1. The number of hydrogen-bond acceptors (Lipinski definition) is 6. The summed E-state index contributed by atoms with van der Waals surface area (Å²) in [6.45, 7) is 7.46. The summed E-state index contributed by atoms with van der Waals surface area (Å²) in [7, 11) is 2.20. The lowest BCUT2D eigenvalue weighted by atomic mass is 9.87. The molecule has 0 spiro atoms. The number of rotatable bonds is 3. The first-order valence-electron chi connectivity index (χ1n) is 11.7. The molecule has 2 aromatic heterocycles. The maximum atomic E-state index is 4.96. The molecule has 0 unspecified atom stereocenters. The molecule has 2 saturated heterocycles. The maximum absolute atomic E-state index is 4.96. The molecule has 6 nitrogen and oxygen atoms in total. The van der Waals surface area contributed by atoms with E-state index in [2.05, 4.69) is 39.9 Å². The number of piperidine rings is 1. The molecule has 0 saturated carbocycles. The van der Waals surface area contributed by atoms with Crippen LogP contribution in [-0.2, 0) is 6.42 Å². The van der Waals surface area contributed by atoms with Crippen molar-refractivity contribution >= 4 is 5.82 Å². The van der Waals surface area contributed by atoms with Crippen molar-refractivity contribution in [2.75, 3.05) is 44.7 Å². The van der Waals surface area contributed by atoms with Gasteiger partial charge in [0.25, 0.3) is 0 Å². The van der Waals surface area contributed by atoms with E-state index in [9.17, 15) is 0 Å². The summed E-state index contributed by atoms with van der Waals surface area (Å²) >= 11 is 0. The van der Waals surface area contributed by atoms with Gasteiger partial charge >= 0.3 is 0 Å². The number of likely N-dealkylation sites (N-methyl/N-ethyl adjacent to an activating group) is 1. The molecule has 4 heterocycles. The van der Waals surface area contributed by atoms with Gasteiger partial charge in [0.1, 0.15) is 11.6 Å². The van der Waals surface area contributed by atoms with Gasteiger partial charge < -0.3 is 9.80 Å². The number of anilines is 1. The van der Waals surface area contributed by atoms with Crippen molar-refractivity contribution in [2.24, 2.45) is 0 Å². The predicted octanol–water partition coefficient (Wildman–Crippen LogP) is 3.54. The molecule has 3 aliphatic rings. The zero-order chi connectivity index (χ0) is 20.5. The van der Waals surface area contributed by atoms with Gasteiger partial charge in [0, 0.05) is 38.4 Å². The third kappa shape index (κ3) is 3.95. The van der Waals surface area contributed by atoms with E-state index in [0.717, 1.165) is 44.4 Å². The molecule has 2 aliphatic heterocycles. The number of aryl methyl sites for hydroxylation is 2.